The lowest BCUT2D eigenvalue weighted by molar-refractivity contribution is 0.0951. The normalized spacial score (nSPS) is 10.8. The topological polar surface area (TPSA) is 59.8 Å². The first kappa shape index (κ1) is 11.9. The van der Waals surface area contributed by atoms with Crippen molar-refractivity contribution in [3.8, 4) is 0 Å². The number of thiazole rings is 1. The molecule has 0 radical (unpaired) electrons. The molecule has 0 unspecified atom stereocenters. The van der Waals surface area contributed by atoms with Crippen molar-refractivity contribution in [2.75, 3.05) is 0 Å². The van der Waals surface area contributed by atoms with Gasteiger partial charge >= 0.3 is 0 Å². The molecule has 2 heterocycles. The van der Waals surface area contributed by atoms with Crippen LogP contribution in [-0.2, 0) is 13.6 Å². The Bertz CT molecular complexity index is 717. The maximum absolute atomic E-state index is 12.0. The Balaban J connectivity index is 1.77. The second-order valence-corrected chi connectivity index (χ2v) is 5.16. The van der Waals surface area contributed by atoms with Gasteiger partial charge in [0.2, 0.25) is 0 Å². The van der Waals surface area contributed by atoms with Crippen LogP contribution in [0.1, 0.15) is 15.4 Å². The van der Waals surface area contributed by atoms with Gasteiger partial charge in [0.15, 0.2) is 0 Å². The van der Waals surface area contributed by atoms with Crippen molar-refractivity contribution in [2.24, 2.45) is 7.05 Å². The number of hydrogen-bond acceptors (Lipinski definition) is 4. The second kappa shape index (κ2) is 4.81. The lowest BCUT2D eigenvalue weighted by Crippen LogP contribution is -2.22. The quantitative estimate of drug-likeness (QED) is 0.793. The smallest absolute Gasteiger partial charge is 0.251 e. The molecule has 1 aromatic carbocycles. The van der Waals surface area contributed by atoms with Gasteiger partial charge in [0, 0.05) is 35.8 Å². The average Bonchev–Trinajstić information content (AvgIpc) is 3.02. The molecular weight excluding hydrogens is 260 g/mol. The van der Waals surface area contributed by atoms with E-state index in [1.54, 1.807) is 23.0 Å². The van der Waals surface area contributed by atoms with Gasteiger partial charge in [-0.1, -0.05) is 6.07 Å². The summed E-state index contributed by atoms with van der Waals surface area (Å²) in [6.07, 6.45) is 3.65. The van der Waals surface area contributed by atoms with E-state index in [4.69, 9.17) is 0 Å². The number of nitrogens with zero attached hydrogens (tertiary/aromatic N) is 3. The van der Waals surface area contributed by atoms with Gasteiger partial charge < -0.3 is 5.32 Å². The largest absolute Gasteiger partial charge is 0.346 e. The van der Waals surface area contributed by atoms with Crippen LogP contribution in [0.25, 0.3) is 10.9 Å². The van der Waals surface area contributed by atoms with Crippen LogP contribution in [-0.4, -0.2) is 20.7 Å². The third kappa shape index (κ3) is 2.48. The Labute approximate surface area is 113 Å². The van der Waals surface area contributed by atoms with Crippen LogP contribution >= 0.6 is 11.3 Å². The van der Waals surface area contributed by atoms with E-state index < -0.39 is 0 Å². The molecule has 0 saturated carbocycles. The maximum Gasteiger partial charge on any atom is 0.251 e. The molecule has 3 aromatic rings. The number of fused-ring (bicyclic) bond motifs is 1. The predicted molar refractivity (Wildman–Crippen MR) is 74.0 cm³/mol. The average molecular weight is 272 g/mol. The van der Waals surface area contributed by atoms with E-state index in [-0.39, 0.29) is 5.91 Å². The summed E-state index contributed by atoms with van der Waals surface area (Å²) >= 11 is 1.52. The van der Waals surface area contributed by atoms with Crippen LogP contribution in [0, 0.1) is 0 Å². The molecule has 0 saturated heterocycles. The Morgan fingerprint density at radius 2 is 2.37 bits per heavy atom. The summed E-state index contributed by atoms with van der Waals surface area (Å²) in [6.45, 7) is 0.455. The van der Waals surface area contributed by atoms with Crippen LogP contribution in [0.5, 0.6) is 0 Å². The van der Waals surface area contributed by atoms with E-state index in [0.29, 0.717) is 12.1 Å². The van der Waals surface area contributed by atoms with Crippen molar-refractivity contribution >= 4 is 28.1 Å². The number of amides is 1. The lowest BCUT2D eigenvalue weighted by Gasteiger charge is -2.02. The standard InChI is InChI=1S/C13H12N4OS/c1-17-8-10-3-2-9(6-11(10)16-17)13(18)15-7-12-14-4-5-19-12/h2-6,8H,7H2,1H3,(H,15,18). The fraction of sp³-hybridized carbons (Fsp3) is 0.154. The number of carbonyl (C=O) groups is 1. The van der Waals surface area contributed by atoms with Crippen molar-refractivity contribution in [2.45, 2.75) is 6.54 Å². The zero-order valence-corrected chi connectivity index (χ0v) is 11.1. The van der Waals surface area contributed by atoms with Crippen LogP contribution in [0.2, 0.25) is 0 Å². The number of aryl methyl sites for hydroxylation is 1. The Morgan fingerprint density at radius 3 is 3.16 bits per heavy atom. The summed E-state index contributed by atoms with van der Waals surface area (Å²) in [6, 6.07) is 5.51. The molecule has 0 fully saturated rings. The predicted octanol–water partition coefficient (Wildman–Crippen LogP) is 1.96. The molecule has 0 aliphatic rings. The second-order valence-electron chi connectivity index (χ2n) is 4.18. The highest BCUT2D eigenvalue weighted by Gasteiger charge is 2.08. The Morgan fingerprint density at radius 1 is 1.47 bits per heavy atom. The monoisotopic (exact) mass is 272 g/mol. The van der Waals surface area contributed by atoms with Gasteiger partial charge in [-0.2, -0.15) is 5.10 Å². The van der Waals surface area contributed by atoms with Crippen molar-refractivity contribution in [3.63, 3.8) is 0 Å². The molecule has 2 aromatic heterocycles. The molecule has 5 nitrogen and oxygen atoms in total. The molecule has 19 heavy (non-hydrogen) atoms. The van der Waals surface area contributed by atoms with Crippen molar-refractivity contribution in [1.82, 2.24) is 20.1 Å². The number of rotatable bonds is 3. The molecule has 0 bridgehead atoms. The number of carbonyl (C=O) groups excluding carboxylic acids is 1. The van der Waals surface area contributed by atoms with Crippen LogP contribution in [0.4, 0.5) is 0 Å². The molecule has 96 valence electrons. The summed E-state index contributed by atoms with van der Waals surface area (Å²) in [5.74, 6) is -0.109. The minimum absolute atomic E-state index is 0.109. The zero-order valence-electron chi connectivity index (χ0n) is 10.3. The minimum Gasteiger partial charge on any atom is -0.346 e. The number of aromatic nitrogens is 3. The van der Waals surface area contributed by atoms with Crippen LogP contribution < -0.4 is 5.32 Å². The first-order chi connectivity index (χ1) is 9.22. The van der Waals surface area contributed by atoms with Gasteiger partial charge in [-0.15, -0.1) is 11.3 Å². The molecule has 6 heteroatoms. The summed E-state index contributed by atoms with van der Waals surface area (Å²) < 4.78 is 1.74. The fourth-order valence-electron chi connectivity index (χ4n) is 1.88. The Hall–Kier alpha value is -2.21. The van der Waals surface area contributed by atoms with Gasteiger partial charge in [0.1, 0.15) is 5.01 Å². The summed E-state index contributed by atoms with van der Waals surface area (Å²) in [5.41, 5.74) is 1.44. The first-order valence-corrected chi connectivity index (χ1v) is 6.70. The molecule has 0 aliphatic heterocycles. The summed E-state index contributed by atoms with van der Waals surface area (Å²) in [5, 5.41) is 11.0. The van der Waals surface area contributed by atoms with Gasteiger partial charge in [0.25, 0.3) is 5.91 Å². The minimum atomic E-state index is -0.109. The fourth-order valence-corrected chi connectivity index (χ4v) is 2.44. The highest BCUT2D eigenvalue weighted by Crippen LogP contribution is 2.14. The van der Waals surface area contributed by atoms with E-state index >= 15 is 0 Å². The van der Waals surface area contributed by atoms with E-state index in [2.05, 4.69) is 15.4 Å². The molecule has 0 spiro atoms. The van der Waals surface area contributed by atoms with Crippen LogP contribution in [0.3, 0.4) is 0 Å². The van der Waals surface area contributed by atoms with Crippen molar-refractivity contribution < 1.29 is 4.79 Å². The third-order valence-electron chi connectivity index (χ3n) is 2.77. The molecule has 0 atom stereocenters. The van der Waals surface area contributed by atoms with Crippen molar-refractivity contribution in [3.05, 3.63) is 46.5 Å². The van der Waals surface area contributed by atoms with Crippen LogP contribution in [0.15, 0.2) is 36.0 Å². The molecule has 1 N–H and O–H groups in total. The zero-order chi connectivity index (χ0) is 13.2. The van der Waals surface area contributed by atoms with E-state index in [9.17, 15) is 4.79 Å². The summed E-state index contributed by atoms with van der Waals surface area (Å²) in [4.78, 5) is 16.1. The lowest BCUT2D eigenvalue weighted by atomic mass is 10.1. The first-order valence-electron chi connectivity index (χ1n) is 5.82. The van der Waals surface area contributed by atoms with Gasteiger partial charge in [-0.3, -0.25) is 9.48 Å². The number of hydrogen-bond donors (Lipinski definition) is 1. The molecular formula is C13H12N4OS. The van der Waals surface area contributed by atoms with Gasteiger partial charge in [0.05, 0.1) is 12.1 Å². The van der Waals surface area contributed by atoms with E-state index in [1.165, 1.54) is 11.3 Å². The van der Waals surface area contributed by atoms with E-state index in [1.807, 2.05) is 24.7 Å². The molecule has 1 amide bonds. The maximum atomic E-state index is 12.0. The highest BCUT2D eigenvalue weighted by molar-refractivity contribution is 7.09. The molecule has 0 aliphatic carbocycles. The van der Waals surface area contributed by atoms with E-state index in [0.717, 1.165) is 15.9 Å². The third-order valence-corrected chi connectivity index (χ3v) is 3.55. The van der Waals surface area contributed by atoms with Gasteiger partial charge in [-0.25, -0.2) is 4.98 Å². The van der Waals surface area contributed by atoms with Crippen molar-refractivity contribution in [1.29, 1.82) is 0 Å². The number of benzene rings is 1. The Kier molecular flexibility index (Phi) is 3.00. The summed E-state index contributed by atoms with van der Waals surface area (Å²) in [7, 11) is 1.86. The SMILES string of the molecule is Cn1cc2ccc(C(=O)NCc3nccs3)cc2n1. The molecule has 3 rings (SSSR count). The number of nitrogens with one attached hydrogen (secondary N) is 1. The van der Waals surface area contributed by atoms with Gasteiger partial charge in [-0.05, 0) is 12.1 Å². The highest BCUT2D eigenvalue weighted by atomic mass is 32.1.